The Hall–Kier alpha value is -2.41. The van der Waals surface area contributed by atoms with E-state index in [1.807, 2.05) is 12.1 Å². The molecule has 0 aliphatic carbocycles. The first-order valence-electron chi connectivity index (χ1n) is 11.3. The Morgan fingerprint density at radius 3 is 2.74 bits per heavy atom. The number of carbonyl (C=O) groups is 1. The van der Waals surface area contributed by atoms with Crippen molar-refractivity contribution in [2.45, 2.75) is 25.7 Å². The van der Waals surface area contributed by atoms with E-state index in [9.17, 15) is 4.79 Å². The first-order chi connectivity index (χ1) is 15.3. The molecule has 5 nitrogen and oxygen atoms in total. The van der Waals surface area contributed by atoms with Gasteiger partial charge < -0.3 is 15.0 Å². The van der Waals surface area contributed by atoms with Crippen molar-refractivity contribution in [3.63, 3.8) is 0 Å². The number of thiophene rings is 1. The summed E-state index contributed by atoms with van der Waals surface area (Å²) in [5, 5.41) is 6.70. The number of hydrogen-bond acceptors (Lipinski definition) is 4. The smallest absolute Gasteiger partial charge is 0.224 e. The van der Waals surface area contributed by atoms with E-state index < -0.39 is 0 Å². The second-order valence-electron chi connectivity index (χ2n) is 8.35. The molecule has 0 spiro atoms. The number of nitrogens with one attached hydrogen (secondary N) is 1. The molecule has 1 amide bonds. The van der Waals surface area contributed by atoms with Crippen molar-refractivity contribution < 1.29 is 9.53 Å². The summed E-state index contributed by atoms with van der Waals surface area (Å²) in [6, 6.07) is 17.1. The maximum Gasteiger partial charge on any atom is 0.224 e. The lowest BCUT2D eigenvalue weighted by Gasteiger charge is -2.30. The zero-order valence-electron chi connectivity index (χ0n) is 17.9. The molecule has 3 aromatic rings. The average molecular weight is 437 g/mol. The van der Waals surface area contributed by atoms with Crippen LogP contribution in [0.5, 0.6) is 5.75 Å². The fourth-order valence-electron chi connectivity index (χ4n) is 4.46. The fraction of sp³-hybridized carbons (Fsp3) is 0.400. The highest BCUT2D eigenvalue weighted by Gasteiger charge is 2.26. The molecule has 31 heavy (non-hydrogen) atoms. The largest absolute Gasteiger partial charge is 0.494 e. The van der Waals surface area contributed by atoms with Gasteiger partial charge in [0.15, 0.2) is 5.38 Å². The van der Waals surface area contributed by atoms with Crippen LogP contribution in [0.15, 0.2) is 53.9 Å². The van der Waals surface area contributed by atoms with E-state index in [1.165, 1.54) is 15.6 Å². The number of nitrogens with zero attached hydrogens (tertiary/aromatic N) is 2. The molecule has 2 aliphatic heterocycles. The van der Waals surface area contributed by atoms with Gasteiger partial charge in [-0.25, -0.2) is 0 Å². The molecule has 162 valence electrons. The summed E-state index contributed by atoms with van der Waals surface area (Å²) in [5.41, 5.74) is 2.11. The lowest BCUT2D eigenvalue weighted by Crippen LogP contribution is -2.46. The third-order valence-corrected chi connectivity index (χ3v) is 8.38. The summed E-state index contributed by atoms with van der Waals surface area (Å²) >= 11 is 0. The number of piperazine rings is 1. The Morgan fingerprint density at radius 2 is 1.84 bits per heavy atom. The Kier molecular flexibility index (Phi) is 6.20. The van der Waals surface area contributed by atoms with E-state index in [4.69, 9.17) is 4.74 Å². The zero-order valence-corrected chi connectivity index (χ0v) is 18.7. The molecule has 6 heteroatoms. The number of carbonyl (C=O) groups excluding carboxylic acids is 1. The monoisotopic (exact) mass is 436 g/mol. The average Bonchev–Trinajstić information content (AvgIpc) is 3.23. The van der Waals surface area contributed by atoms with Gasteiger partial charge in [0.25, 0.3) is 0 Å². The summed E-state index contributed by atoms with van der Waals surface area (Å²) in [6.07, 6.45) is 3.59. The van der Waals surface area contributed by atoms with Crippen LogP contribution in [0.2, 0.25) is 0 Å². The summed E-state index contributed by atoms with van der Waals surface area (Å²) < 4.78 is 10.0. The van der Waals surface area contributed by atoms with E-state index in [2.05, 4.69) is 56.3 Å². The van der Waals surface area contributed by atoms with Gasteiger partial charge in [0.05, 0.1) is 30.4 Å². The first-order valence-corrected chi connectivity index (χ1v) is 12.5. The van der Waals surface area contributed by atoms with E-state index in [0.717, 1.165) is 70.0 Å². The van der Waals surface area contributed by atoms with Crippen molar-refractivity contribution >= 4 is 32.3 Å². The molecule has 1 N–H and O–H groups in total. The van der Waals surface area contributed by atoms with Gasteiger partial charge in [-0.15, -0.1) is 4.31 Å². The van der Waals surface area contributed by atoms with Crippen LogP contribution in [-0.4, -0.2) is 50.1 Å². The van der Waals surface area contributed by atoms with Gasteiger partial charge in [0.2, 0.25) is 10.6 Å². The number of amides is 1. The number of benzene rings is 2. The van der Waals surface area contributed by atoms with E-state index in [1.54, 1.807) is 0 Å². The van der Waals surface area contributed by atoms with Crippen LogP contribution < -0.4 is 14.4 Å². The van der Waals surface area contributed by atoms with Crippen molar-refractivity contribution in [1.29, 1.82) is 0 Å². The summed E-state index contributed by atoms with van der Waals surface area (Å²) in [5.74, 6) is 0.943. The van der Waals surface area contributed by atoms with Crippen molar-refractivity contribution in [1.82, 2.24) is 4.90 Å². The van der Waals surface area contributed by atoms with Crippen LogP contribution in [0.4, 0.5) is 5.69 Å². The van der Waals surface area contributed by atoms with Crippen molar-refractivity contribution in [2.75, 3.05) is 49.0 Å². The van der Waals surface area contributed by atoms with Gasteiger partial charge in [-0.05, 0) is 43.5 Å². The molecular formula is C25H30N3O2S+. The molecule has 2 aliphatic rings. The van der Waals surface area contributed by atoms with Crippen LogP contribution in [0.3, 0.4) is 0 Å². The Morgan fingerprint density at radius 1 is 0.968 bits per heavy atom. The molecule has 1 unspecified atom stereocenters. The maximum absolute atomic E-state index is 11.6. The number of fused-ring (bicyclic) bond motifs is 2. The van der Waals surface area contributed by atoms with Crippen LogP contribution >= 0.6 is 10.7 Å². The van der Waals surface area contributed by atoms with E-state index >= 15 is 0 Å². The molecule has 0 radical (unpaired) electrons. The van der Waals surface area contributed by atoms with E-state index in [0.29, 0.717) is 6.42 Å². The quantitative estimate of drug-likeness (QED) is 0.435. The van der Waals surface area contributed by atoms with Gasteiger partial charge >= 0.3 is 0 Å². The number of aryl methyl sites for hydroxylation is 1. The van der Waals surface area contributed by atoms with Crippen LogP contribution in [0.1, 0.15) is 24.8 Å². The molecule has 5 rings (SSSR count). The molecule has 1 aromatic heterocycles. The second kappa shape index (κ2) is 9.39. The maximum atomic E-state index is 11.6. The molecule has 1 atom stereocenters. The van der Waals surface area contributed by atoms with Gasteiger partial charge in [-0.1, -0.05) is 18.2 Å². The molecule has 0 bridgehead atoms. The van der Waals surface area contributed by atoms with Gasteiger partial charge in [0.1, 0.15) is 5.75 Å². The molecule has 0 saturated carbocycles. The minimum atomic E-state index is 0.0958. The highest BCUT2D eigenvalue weighted by molar-refractivity contribution is 7.37. The molecule has 1 fully saturated rings. The Balaban J connectivity index is 1.03. The third kappa shape index (κ3) is 4.76. The Labute approximate surface area is 186 Å². The number of rotatable bonds is 7. The minimum Gasteiger partial charge on any atom is -0.494 e. The van der Waals surface area contributed by atoms with Crippen LogP contribution in [0, 0.1) is 0 Å². The predicted molar refractivity (Wildman–Crippen MR) is 129 cm³/mol. The lowest BCUT2D eigenvalue weighted by molar-refractivity contribution is -0.116. The van der Waals surface area contributed by atoms with Crippen LogP contribution in [0.25, 0.3) is 10.1 Å². The first kappa shape index (κ1) is 20.5. The predicted octanol–water partition coefficient (Wildman–Crippen LogP) is 4.59. The highest BCUT2D eigenvalue weighted by atomic mass is 32.2. The van der Waals surface area contributed by atoms with Gasteiger partial charge in [-0.2, -0.15) is 0 Å². The number of ether oxygens (including phenoxy) is 1. The topological polar surface area (TPSA) is 44.8 Å². The summed E-state index contributed by atoms with van der Waals surface area (Å²) in [7, 11) is 0.143. The number of unbranched alkanes of at least 4 members (excludes halogenated alkanes) is 1. The number of hydrogen-bond donors (Lipinski definition) is 1. The van der Waals surface area contributed by atoms with Crippen molar-refractivity contribution in [3.8, 4) is 5.75 Å². The van der Waals surface area contributed by atoms with Crippen molar-refractivity contribution in [2.24, 2.45) is 0 Å². The van der Waals surface area contributed by atoms with Crippen LogP contribution in [-0.2, 0) is 11.2 Å². The Bertz CT molecular complexity index is 1060. The molecule has 3 heterocycles. The summed E-state index contributed by atoms with van der Waals surface area (Å²) in [4.78, 5) is 14.2. The SMILES string of the molecule is O=C1CCc2ccc(OCCCCN3CCN([s+]4ccc5ccccc54)CC3)cc2N1. The lowest BCUT2D eigenvalue weighted by atomic mass is 10.0. The molecular weight excluding hydrogens is 406 g/mol. The second-order valence-corrected chi connectivity index (χ2v) is 10.2. The number of anilines is 1. The van der Waals surface area contributed by atoms with Gasteiger partial charge in [0, 0.05) is 48.8 Å². The molecule has 1 saturated heterocycles. The van der Waals surface area contributed by atoms with Gasteiger partial charge in [-0.3, -0.25) is 4.79 Å². The molecule has 2 aromatic carbocycles. The third-order valence-electron chi connectivity index (χ3n) is 6.24. The zero-order chi connectivity index (χ0) is 21.0. The fourth-order valence-corrected chi connectivity index (χ4v) is 6.49. The normalized spacial score (nSPS) is 18.1. The minimum absolute atomic E-state index is 0.0958. The van der Waals surface area contributed by atoms with E-state index in [-0.39, 0.29) is 16.6 Å². The standard InChI is InChI=1S/C25H29N3O2S/c29-25-10-8-20-7-9-22(19-23(20)26-25)30-17-4-3-12-27-13-15-28(16-14-27)31-18-11-21-5-1-2-6-24(21)31/h1-2,5-7,9,11,18-19H,3-4,8,10,12-17H2/p+1. The summed E-state index contributed by atoms with van der Waals surface area (Å²) in [6.45, 7) is 6.42. The highest BCUT2D eigenvalue weighted by Crippen LogP contribution is 2.33. The van der Waals surface area contributed by atoms with Crippen molar-refractivity contribution in [3.05, 3.63) is 59.5 Å².